The highest BCUT2D eigenvalue weighted by Gasteiger charge is 2.45. The SMILES string of the molecule is CC(C)(C)OC(=O)N1CC[C@@H]2[C@H](C1)c1cc(Br)cc3c1N2CCCC3=O. The van der Waals surface area contributed by atoms with Gasteiger partial charge >= 0.3 is 6.09 Å². The van der Waals surface area contributed by atoms with Gasteiger partial charge in [-0.25, -0.2) is 4.79 Å². The van der Waals surface area contributed by atoms with Crippen molar-refractivity contribution in [3.8, 4) is 0 Å². The summed E-state index contributed by atoms with van der Waals surface area (Å²) >= 11 is 3.58. The summed E-state index contributed by atoms with van der Waals surface area (Å²) in [6.07, 6.45) is 2.17. The highest BCUT2D eigenvalue weighted by atomic mass is 79.9. The van der Waals surface area contributed by atoms with E-state index in [1.54, 1.807) is 0 Å². The molecule has 0 radical (unpaired) electrons. The van der Waals surface area contributed by atoms with Crippen LogP contribution in [0.2, 0.25) is 0 Å². The number of hydrogen-bond donors (Lipinski definition) is 0. The van der Waals surface area contributed by atoms with Gasteiger partial charge in [0, 0.05) is 48.1 Å². The van der Waals surface area contributed by atoms with Crippen molar-refractivity contribution in [1.29, 1.82) is 0 Å². The third-order valence-corrected chi connectivity index (χ3v) is 5.98. The van der Waals surface area contributed by atoms with Gasteiger partial charge in [-0.05, 0) is 51.3 Å². The van der Waals surface area contributed by atoms with Gasteiger partial charge in [0.05, 0.1) is 5.69 Å². The number of fused-ring (bicyclic) bond motifs is 3. The number of ketones is 1. The van der Waals surface area contributed by atoms with Gasteiger partial charge in [-0.1, -0.05) is 15.9 Å². The molecule has 0 N–H and O–H groups in total. The summed E-state index contributed by atoms with van der Waals surface area (Å²) < 4.78 is 6.51. The summed E-state index contributed by atoms with van der Waals surface area (Å²) in [5.74, 6) is 0.459. The summed E-state index contributed by atoms with van der Waals surface area (Å²) in [7, 11) is 0. The molecule has 1 fully saturated rings. The first-order chi connectivity index (χ1) is 12.2. The molecule has 0 saturated carbocycles. The van der Waals surface area contributed by atoms with Crippen molar-refractivity contribution < 1.29 is 14.3 Å². The number of anilines is 1. The molecule has 3 aliphatic heterocycles. The molecule has 0 spiro atoms. The molecular formula is C20H25BrN2O3. The van der Waals surface area contributed by atoms with E-state index in [1.165, 1.54) is 5.56 Å². The van der Waals surface area contributed by atoms with Gasteiger partial charge in [-0.15, -0.1) is 0 Å². The molecule has 0 bridgehead atoms. The molecular weight excluding hydrogens is 396 g/mol. The summed E-state index contributed by atoms with van der Waals surface area (Å²) in [5.41, 5.74) is 2.65. The predicted molar refractivity (Wildman–Crippen MR) is 104 cm³/mol. The zero-order valence-corrected chi connectivity index (χ0v) is 17.1. The molecule has 140 valence electrons. The Morgan fingerprint density at radius 2 is 2.04 bits per heavy atom. The second-order valence-corrected chi connectivity index (χ2v) is 9.42. The van der Waals surface area contributed by atoms with Gasteiger partial charge in [0.1, 0.15) is 5.60 Å². The summed E-state index contributed by atoms with van der Waals surface area (Å²) in [4.78, 5) is 29.4. The Balaban J connectivity index is 1.68. The number of halogens is 1. The van der Waals surface area contributed by atoms with E-state index in [4.69, 9.17) is 4.74 Å². The minimum Gasteiger partial charge on any atom is -0.444 e. The Labute approximate surface area is 162 Å². The second kappa shape index (κ2) is 6.25. The molecule has 2 atom stereocenters. The van der Waals surface area contributed by atoms with E-state index in [1.807, 2.05) is 31.7 Å². The number of carbonyl (C=O) groups excluding carboxylic acids is 2. The topological polar surface area (TPSA) is 49.9 Å². The van der Waals surface area contributed by atoms with E-state index in [-0.39, 0.29) is 17.8 Å². The Bertz CT molecular complexity index is 771. The van der Waals surface area contributed by atoms with Crippen molar-refractivity contribution in [1.82, 2.24) is 4.90 Å². The lowest BCUT2D eigenvalue weighted by molar-refractivity contribution is 0.0189. The first-order valence-electron chi connectivity index (χ1n) is 9.36. The summed E-state index contributed by atoms with van der Waals surface area (Å²) in [6, 6.07) is 4.46. The van der Waals surface area contributed by atoms with E-state index in [0.29, 0.717) is 25.6 Å². The van der Waals surface area contributed by atoms with Crippen LogP contribution in [0.1, 0.15) is 61.9 Å². The van der Waals surface area contributed by atoms with Crippen LogP contribution in [-0.2, 0) is 4.74 Å². The van der Waals surface area contributed by atoms with Gasteiger partial charge in [0.25, 0.3) is 0 Å². The number of Topliss-reactive ketones (excluding diaryl/α,β-unsaturated/α-hetero) is 1. The van der Waals surface area contributed by atoms with Crippen LogP contribution in [0.3, 0.4) is 0 Å². The van der Waals surface area contributed by atoms with Crippen LogP contribution >= 0.6 is 15.9 Å². The third-order valence-electron chi connectivity index (χ3n) is 5.52. The monoisotopic (exact) mass is 420 g/mol. The smallest absolute Gasteiger partial charge is 0.410 e. The number of benzene rings is 1. The fraction of sp³-hybridized carbons (Fsp3) is 0.600. The van der Waals surface area contributed by atoms with E-state index in [0.717, 1.165) is 35.1 Å². The number of nitrogens with zero attached hydrogens (tertiary/aromatic N) is 2. The van der Waals surface area contributed by atoms with E-state index >= 15 is 0 Å². The van der Waals surface area contributed by atoms with Gasteiger partial charge in [-0.2, -0.15) is 0 Å². The van der Waals surface area contributed by atoms with Gasteiger partial charge in [-0.3, -0.25) is 4.79 Å². The molecule has 26 heavy (non-hydrogen) atoms. The fourth-order valence-electron chi connectivity index (χ4n) is 4.53. The maximum absolute atomic E-state index is 12.6. The molecule has 0 unspecified atom stereocenters. The summed E-state index contributed by atoms with van der Waals surface area (Å²) in [6.45, 7) is 7.95. The molecule has 1 aromatic carbocycles. The maximum Gasteiger partial charge on any atom is 0.410 e. The van der Waals surface area contributed by atoms with E-state index in [2.05, 4.69) is 26.9 Å². The lowest BCUT2D eigenvalue weighted by Crippen LogP contribution is -2.49. The molecule has 0 aliphatic carbocycles. The minimum absolute atomic E-state index is 0.229. The Morgan fingerprint density at radius 3 is 2.77 bits per heavy atom. The number of ether oxygens (including phenoxy) is 1. The van der Waals surface area contributed by atoms with Crippen molar-refractivity contribution >= 4 is 33.5 Å². The van der Waals surface area contributed by atoms with Crippen LogP contribution < -0.4 is 4.90 Å². The highest BCUT2D eigenvalue weighted by molar-refractivity contribution is 9.10. The number of hydrogen-bond acceptors (Lipinski definition) is 4. The van der Waals surface area contributed by atoms with Crippen LogP contribution in [-0.4, -0.2) is 48.1 Å². The average molecular weight is 421 g/mol. The zero-order chi connectivity index (χ0) is 18.6. The number of carbonyl (C=O) groups is 2. The van der Waals surface area contributed by atoms with Crippen molar-refractivity contribution in [3.63, 3.8) is 0 Å². The second-order valence-electron chi connectivity index (χ2n) is 8.50. The number of piperidine rings is 1. The summed E-state index contributed by atoms with van der Waals surface area (Å²) in [5, 5.41) is 0. The normalized spacial score (nSPS) is 24.8. The zero-order valence-electron chi connectivity index (χ0n) is 15.5. The first-order valence-corrected chi connectivity index (χ1v) is 10.1. The van der Waals surface area contributed by atoms with Gasteiger partial charge < -0.3 is 14.5 Å². The Kier molecular flexibility index (Phi) is 4.29. The third kappa shape index (κ3) is 3.02. The largest absolute Gasteiger partial charge is 0.444 e. The van der Waals surface area contributed by atoms with Crippen LogP contribution in [0.15, 0.2) is 16.6 Å². The molecule has 3 heterocycles. The lowest BCUT2D eigenvalue weighted by Gasteiger charge is -2.39. The van der Waals surface area contributed by atoms with Crippen molar-refractivity contribution in [2.24, 2.45) is 0 Å². The molecule has 6 heteroatoms. The minimum atomic E-state index is -0.489. The van der Waals surface area contributed by atoms with Crippen LogP contribution in [0, 0.1) is 0 Å². The van der Waals surface area contributed by atoms with Crippen LogP contribution in [0.5, 0.6) is 0 Å². The van der Waals surface area contributed by atoms with E-state index < -0.39 is 5.60 Å². The molecule has 1 saturated heterocycles. The molecule has 0 aromatic heterocycles. The molecule has 5 nitrogen and oxygen atoms in total. The van der Waals surface area contributed by atoms with Gasteiger partial charge in [0.2, 0.25) is 0 Å². The number of rotatable bonds is 0. The average Bonchev–Trinajstić information content (AvgIpc) is 2.75. The van der Waals surface area contributed by atoms with Crippen molar-refractivity contribution in [3.05, 3.63) is 27.7 Å². The fourth-order valence-corrected chi connectivity index (χ4v) is 5.01. The lowest BCUT2D eigenvalue weighted by atomic mass is 9.88. The molecule has 4 rings (SSSR count). The molecule has 3 aliphatic rings. The Morgan fingerprint density at radius 1 is 1.27 bits per heavy atom. The van der Waals surface area contributed by atoms with Gasteiger partial charge in [0.15, 0.2) is 5.78 Å². The maximum atomic E-state index is 12.6. The highest BCUT2D eigenvalue weighted by Crippen LogP contribution is 2.49. The van der Waals surface area contributed by atoms with Crippen LogP contribution in [0.4, 0.5) is 10.5 Å². The van der Waals surface area contributed by atoms with Crippen molar-refractivity contribution in [2.75, 3.05) is 24.5 Å². The molecule has 1 amide bonds. The first kappa shape index (κ1) is 17.8. The molecule has 1 aromatic rings. The number of amides is 1. The predicted octanol–water partition coefficient (Wildman–Crippen LogP) is 4.34. The van der Waals surface area contributed by atoms with Crippen LogP contribution in [0.25, 0.3) is 0 Å². The Hall–Kier alpha value is -1.56. The standard InChI is InChI=1S/C20H25BrN2O3/c1-20(2,3)26-19(25)22-8-6-16-15(11-22)13-9-12(21)10-14-17(24)5-4-7-23(16)18(13)14/h9-10,15-16H,4-8,11H2,1-3H3/t15-,16-/m1/s1. The number of likely N-dealkylation sites (tertiary alicyclic amines) is 1. The van der Waals surface area contributed by atoms with Crippen molar-refractivity contribution in [2.45, 2.75) is 57.6 Å². The van der Waals surface area contributed by atoms with E-state index in [9.17, 15) is 9.59 Å². The quantitative estimate of drug-likeness (QED) is 0.626.